The summed E-state index contributed by atoms with van der Waals surface area (Å²) in [6, 6.07) is 7.31. The molecule has 2 bridgehead atoms. The van der Waals surface area contributed by atoms with E-state index in [-0.39, 0.29) is 5.91 Å². The SMILES string of the molecule is CN1C2CCC1c1c(n(CCC(=O)N3CCOCC3)c3ccc(Cl)cc13)C2. The standard InChI is InChI=1S/C21H26ClN3O2/c1-23-15-3-5-18(23)21-16-12-14(22)2-4-17(16)25(19(21)13-15)7-6-20(26)24-8-10-27-11-9-24/h2,4,12,15,18H,3,5-11,13H2,1H3. The van der Waals surface area contributed by atoms with Gasteiger partial charge in [-0.1, -0.05) is 11.6 Å². The fourth-order valence-corrected chi connectivity index (χ4v) is 5.43. The second-order valence-electron chi connectivity index (χ2n) is 8.03. The van der Waals surface area contributed by atoms with Gasteiger partial charge in [0.15, 0.2) is 0 Å². The van der Waals surface area contributed by atoms with E-state index in [1.54, 1.807) is 0 Å². The summed E-state index contributed by atoms with van der Waals surface area (Å²) in [5.74, 6) is 0.235. The second kappa shape index (κ2) is 6.80. The first-order chi connectivity index (χ1) is 13.1. The van der Waals surface area contributed by atoms with Crippen LogP contribution in [0.5, 0.6) is 0 Å². The van der Waals surface area contributed by atoms with Crippen molar-refractivity contribution in [2.75, 3.05) is 33.4 Å². The number of carbonyl (C=O) groups excluding carboxylic acids is 1. The third-order valence-corrected chi connectivity index (χ3v) is 6.93. The highest BCUT2D eigenvalue weighted by Crippen LogP contribution is 2.47. The molecule has 1 amide bonds. The van der Waals surface area contributed by atoms with Crippen LogP contribution >= 0.6 is 11.6 Å². The Hall–Kier alpha value is -1.56. The third-order valence-electron chi connectivity index (χ3n) is 6.69. The number of carbonyl (C=O) groups is 1. The number of likely N-dealkylation sites (N-methyl/N-ethyl adjacent to an activating group) is 1. The Morgan fingerprint density at radius 3 is 2.89 bits per heavy atom. The highest BCUT2D eigenvalue weighted by Gasteiger charge is 2.40. The lowest BCUT2D eigenvalue weighted by molar-refractivity contribution is -0.135. The van der Waals surface area contributed by atoms with Crippen LogP contribution in [0.1, 0.15) is 36.6 Å². The molecule has 1 aromatic heterocycles. The molecule has 2 saturated heterocycles. The van der Waals surface area contributed by atoms with Gasteiger partial charge in [-0.25, -0.2) is 0 Å². The molecule has 5 rings (SSSR count). The number of amides is 1. The van der Waals surface area contributed by atoms with E-state index in [0.29, 0.717) is 44.8 Å². The zero-order valence-electron chi connectivity index (χ0n) is 15.8. The predicted molar refractivity (Wildman–Crippen MR) is 106 cm³/mol. The molecule has 0 aliphatic carbocycles. The summed E-state index contributed by atoms with van der Waals surface area (Å²) in [7, 11) is 2.25. The van der Waals surface area contributed by atoms with Crippen molar-refractivity contribution in [1.29, 1.82) is 0 Å². The van der Waals surface area contributed by atoms with Crippen LogP contribution in [0.4, 0.5) is 0 Å². The minimum Gasteiger partial charge on any atom is -0.378 e. The first kappa shape index (κ1) is 17.5. The Labute approximate surface area is 164 Å². The van der Waals surface area contributed by atoms with Crippen molar-refractivity contribution in [3.63, 3.8) is 0 Å². The average Bonchev–Trinajstić information content (AvgIpc) is 3.10. The van der Waals surface area contributed by atoms with Crippen LogP contribution in [-0.4, -0.2) is 59.7 Å². The van der Waals surface area contributed by atoms with Gasteiger partial charge in [-0.2, -0.15) is 0 Å². The number of rotatable bonds is 3. The molecule has 0 saturated carbocycles. The number of aromatic nitrogens is 1. The molecule has 2 fully saturated rings. The van der Waals surface area contributed by atoms with Gasteiger partial charge in [0.1, 0.15) is 0 Å². The van der Waals surface area contributed by atoms with Crippen LogP contribution in [0.2, 0.25) is 5.02 Å². The number of ether oxygens (including phenoxy) is 1. The average molecular weight is 388 g/mol. The summed E-state index contributed by atoms with van der Waals surface area (Å²) in [5, 5.41) is 2.06. The number of benzene rings is 1. The molecule has 3 aliphatic heterocycles. The molecule has 2 aromatic rings. The van der Waals surface area contributed by atoms with E-state index in [9.17, 15) is 4.79 Å². The summed E-state index contributed by atoms with van der Waals surface area (Å²) in [6.07, 6.45) is 4.08. The quantitative estimate of drug-likeness (QED) is 0.811. The Morgan fingerprint density at radius 1 is 1.26 bits per heavy atom. The van der Waals surface area contributed by atoms with Crippen molar-refractivity contribution in [3.8, 4) is 0 Å². The summed E-state index contributed by atoms with van der Waals surface area (Å²) in [5.41, 5.74) is 4.09. The number of aryl methyl sites for hydroxylation is 1. The monoisotopic (exact) mass is 387 g/mol. The van der Waals surface area contributed by atoms with Crippen LogP contribution in [-0.2, 0) is 22.5 Å². The van der Waals surface area contributed by atoms with E-state index in [4.69, 9.17) is 16.3 Å². The number of nitrogens with zero attached hydrogens (tertiary/aromatic N) is 3. The first-order valence-corrected chi connectivity index (χ1v) is 10.4. The third kappa shape index (κ3) is 2.87. The minimum absolute atomic E-state index is 0.235. The van der Waals surface area contributed by atoms with Gasteiger partial charge in [0.25, 0.3) is 0 Å². The summed E-state index contributed by atoms with van der Waals surface area (Å²) < 4.78 is 7.77. The summed E-state index contributed by atoms with van der Waals surface area (Å²) >= 11 is 6.34. The molecule has 3 aliphatic rings. The normalized spacial score (nSPS) is 25.2. The summed E-state index contributed by atoms with van der Waals surface area (Å²) in [6.45, 7) is 3.48. The van der Waals surface area contributed by atoms with Crippen molar-refractivity contribution in [2.24, 2.45) is 0 Å². The zero-order valence-corrected chi connectivity index (χ0v) is 16.5. The summed E-state index contributed by atoms with van der Waals surface area (Å²) in [4.78, 5) is 17.1. The number of halogens is 1. The molecule has 4 heterocycles. The Kier molecular flexibility index (Phi) is 4.42. The van der Waals surface area contributed by atoms with Crippen molar-refractivity contribution in [2.45, 2.75) is 44.3 Å². The second-order valence-corrected chi connectivity index (χ2v) is 8.47. The van der Waals surface area contributed by atoms with Crippen molar-refractivity contribution in [1.82, 2.24) is 14.4 Å². The van der Waals surface area contributed by atoms with E-state index in [1.807, 2.05) is 11.0 Å². The molecule has 27 heavy (non-hydrogen) atoms. The van der Waals surface area contributed by atoms with Gasteiger partial charge >= 0.3 is 0 Å². The van der Waals surface area contributed by atoms with Crippen LogP contribution in [0.25, 0.3) is 10.9 Å². The Balaban J connectivity index is 1.49. The maximum Gasteiger partial charge on any atom is 0.224 e. The van der Waals surface area contributed by atoms with E-state index in [0.717, 1.165) is 18.0 Å². The van der Waals surface area contributed by atoms with Crippen LogP contribution in [0, 0.1) is 0 Å². The van der Waals surface area contributed by atoms with Crippen LogP contribution in [0.15, 0.2) is 18.2 Å². The van der Waals surface area contributed by atoms with Gasteiger partial charge in [-0.05, 0) is 43.7 Å². The lowest BCUT2D eigenvalue weighted by Crippen LogP contribution is -2.41. The lowest BCUT2D eigenvalue weighted by Gasteiger charge is -2.32. The van der Waals surface area contributed by atoms with Gasteiger partial charge in [-0.15, -0.1) is 0 Å². The van der Waals surface area contributed by atoms with Crippen LogP contribution in [0.3, 0.4) is 0 Å². The first-order valence-electron chi connectivity index (χ1n) is 10.0. The maximum atomic E-state index is 12.7. The molecule has 1 aromatic carbocycles. The maximum absolute atomic E-state index is 12.7. The fraction of sp³-hybridized carbons (Fsp3) is 0.571. The van der Waals surface area contributed by atoms with Gasteiger partial charge < -0.3 is 14.2 Å². The minimum atomic E-state index is 0.235. The molecule has 0 N–H and O–H groups in total. The van der Waals surface area contributed by atoms with Gasteiger partial charge in [0.05, 0.1) is 13.2 Å². The largest absolute Gasteiger partial charge is 0.378 e. The van der Waals surface area contributed by atoms with Crippen molar-refractivity contribution >= 4 is 28.4 Å². The molecular weight excluding hydrogens is 362 g/mol. The molecule has 144 valence electrons. The smallest absolute Gasteiger partial charge is 0.224 e. The van der Waals surface area contributed by atoms with Gasteiger partial charge in [0.2, 0.25) is 5.91 Å². The Bertz CT molecular complexity index is 887. The van der Waals surface area contributed by atoms with Gasteiger partial charge in [0, 0.05) is 66.2 Å². The molecule has 5 nitrogen and oxygen atoms in total. The highest BCUT2D eigenvalue weighted by molar-refractivity contribution is 6.31. The molecule has 2 atom stereocenters. The van der Waals surface area contributed by atoms with E-state index >= 15 is 0 Å². The van der Waals surface area contributed by atoms with Crippen LogP contribution < -0.4 is 0 Å². The van der Waals surface area contributed by atoms with E-state index in [2.05, 4.69) is 28.6 Å². The number of morpholine rings is 1. The molecule has 0 radical (unpaired) electrons. The predicted octanol–water partition coefficient (Wildman–Crippen LogP) is 3.24. The fourth-order valence-electron chi connectivity index (χ4n) is 5.26. The lowest BCUT2D eigenvalue weighted by atomic mass is 9.97. The molecular formula is C21H26ClN3O2. The Morgan fingerprint density at radius 2 is 2.07 bits per heavy atom. The number of hydrogen-bond donors (Lipinski definition) is 0. The topological polar surface area (TPSA) is 37.7 Å². The highest BCUT2D eigenvalue weighted by atomic mass is 35.5. The number of fused-ring (bicyclic) bond motifs is 6. The van der Waals surface area contributed by atoms with Crippen molar-refractivity contribution in [3.05, 3.63) is 34.5 Å². The molecule has 6 heteroatoms. The number of hydrogen-bond acceptors (Lipinski definition) is 3. The zero-order chi connectivity index (χ0) is 18.5. The van der Waals surface area contributed by atoms with Gasteiger partial charge in [-0.3, -0.25) is 9.69 Å². The molecule has 0 spiro atoms. The van der Waals surface area contributed by atoms with E-state index in [1.165, 1.54) is 35.0 Å². The molecule has 2 unspecified atom stereocenters. The van der Waals surface area contributed by atoms with E-state index < -0.39 is 0 Å². The van der Waals surface area contributed by atoms with Crippen molar-refractivity contribution < 1.29 is 9.53 Å².